The lowest BCUT2D eigenvalue weighted by Gasteiger charge is -2.09. The molecule has 0 unspecified atom stereocenters. The Morgan fingerprint density at radius 2 is 1.80 bits per heavy atom. The number of benzene rings is 2. The van der Waals surface area contributed by atoms with Crippen molar-refractivity contribution in [2.45, 2.75) is 12.6 Å². The van der Waals surface area contributed by atoms with Gasteiger partial charge in [-0.1, -0.05) is 29.8 Å². The van der Waals surface area contributed by atoms with Crippen LogP contribution in [0.4, 0.5) is 13.2 Å². The first-order chi connectivity index (χ1) is 11.9. The van der Waals surface area contributed by atoms with E-state index in [4.69, 9.17) is 20.8 Å². The molecule has 0 saturated heterocycles. The van der Waals surface area contributed by atoms with Crippen molar-refractivity contribution < 1.29 is 22.3 Å². The first-order valence-electron chi connectivity index (χ1n) is 7.26. The molecule has 0 saturated carbocycles. The Labute approximate surface area is 146 Å². The minimum absolute atomic E-state index is 0.0762. The molecule has 0 amide bonds. The van der Waals surface area contributed by atoms with Gasteiger partial charge in [0.25, 0.3) is 0 Å². The smallest absolute Gasteiger partial charge is 0.422 e. The highest BCUT2D eigenvalue weighted by molar-refractivity contribution is 6.30. The maximum Gasteiger partial charge on any atom is 0.422 e. The Hall–Kier alpha value is -2.54. The summed E-state index contributed by atoms with van der Waals surface area (Å²) in [5.41, 5.74) is 1.43. The van der Waals surface area contributed by atoms with Gasteiger partial charge in [0.2, 0.25) is 11.8 Å². The maximum atomic E-state index is 12.2. The first-order valence-corrected chi connectivity index (χ1v) is 7.64. The van der Waals surface area contributed by atoms with Crippen LogP contribution in [0, 0.1) is 0 Å². The van der Waals surface area contributed by atoms with Crippen LogP contribution in [0.3, 0.4) is 0 Å². The second kappa shape index (κ2) is 7.14. The number of halogens is 4. The monoisotopic (exact) mass is 368 g/mol. The third-order valence-corrected chi connectivity index (χ3v) is 3.47. The molecule has 1 aromatic heterocycles. The van der Waals surface area contributed by atoms with E-state index >= 15 is 0 Å². The minimum Gasteiger partial charge on any atom is -0.484 e. The summed E-state index contributed by atoms with van der Waals surface area (Å²) in [6.07, 6.45) is -3.97. The summed E-state index contributed by atoms with van der Waals surface area (Å²) in [6, 6.07) is 13.3. The molecule has 3 aromatic rings. The van der Waals surface area contributed by atoms with Gasteiger partial charge in [-0.2, -0.15) is 13.2 Å². The van der Waals surface area contributed by atoms with Gasteiger partial charge in [-0.15, -0.1) is 10.2 Å². The fourth-order valence-electron chi connectivity index (χ4n) is 2.10. The summed E-state index contributed by atoms with van der Waals surface area (Å²) in [5.74, 6) is 0.674. The van der Waals surface area contributed by atoms with Crippen LogP contribution in [0.1, 0.15) is 11.5 Å². The van der Waals surface area contributed by atoms with Crippen molar-refractivity contribution in [3.8, 4) is 17.2 Å². The predicted octanol–water partition coefficient (Wildman–Crippen LogP) is 4.92. The average molecular weight is 369 g/mol. The second-order valence-electron chi connectivity index (χ2n) is 5.24. The van der Waals surface area contributed by atoms with E-state index in [-0.39, 0.29) is 11.6 Å². The zero-order valence-corrected chi connectivity index (χ0v) is 13.5. The van der Waals surface area contributed by atoms with E-state index in [9.17, 15) is 13.2 Å². The van der Waals surface area contributed by atoms with E-state index in [1.807, 2.05) is 12.1 Å². The summed E-state index contributed by atoms with van der Waals surface area (Å²) in [4.78, 5) is 0. The molecule has 0 radical (unpaired) electrons. The van der Waals surface area contributed by atoms with Crippen LogP contribution >= 0.6 is 11.6 Å². The van der Waals surface area contributed by atoms with Gasteiger partial charge in [-0.25, -0.2) is 0 Å². The zero-order chi connectivity index (χ0) is 17.9. The molecule has 1 heterocycles. The molecular formula is C17H12ClF3N2O2. The maximum absolute atomic E-state index is 12.2. The van der Waals surface area contributed by atoms with Gasteiger partial charge < -0.3 is 9.15 Å². The summed E-state index contributed by atoms with van der Waals surface area (Å²) in [7, 11) is 0. The summed E-state index contributed by atoms with van der Waals surface area (Å²) < 4.78 is 47.0. The van der Waals surface area contributed by atoms with Crippen molar-refractivity contribution in [2.75, 3.05) is 6.61 Å². The molecule has 0 aliphatic carbocycles. The Balaban J connectivity index is 1.72. The number of alkyl halides is 3. The largest absolute Gasteiger partial charge is 0.484 e. The SMILES string of the molecule is FC(F)(F)COc1cccc(-c2nnc(Cc3ccc(Cl)cc3)o2)c1. The first kappa shape index (κ1) is 17.3. The van der Waals surface area contributed by atoms with Gasteiger partial charge in [-0.05, 0) is 35.9 Å². The van der Waals surface area contributed by atoms with E-state index in [1.54, 1.807) is 24.3 Å². The highest BCUT2D eigenvalue weighted by atomic mass is 35.5. The summed E-state index contributed by atoms with van der Waals surface area (Å²) in [5, 5.41) is 8.51. The topological polar surface area (TPSA) is 48.2 Å². The standard InChI is InChI=1S/C17H12ClF3N2O2/c18-13-6-4-11(5-7-13)8-15-22-23-16(25-15)12-2-1-3-14(9-12)24-10-17(19,20)21/h1-7,9H,8,10H2. The molecule has 8 heteroatoms. The van der Waals surface area contributed by atoms with Crippen LogP contribution in [0.2, 0.25) is 5.02 Å². The Kier molecular flexibility index (Phi) is 4.94. The van der Waals surface area contributed by atoms with Crippen LogP contribution in [-0.4, -0.2) is 23.0 Å². The van der Waals surface area contributed by atoms with E-state index in [0.717, 1.165) is 5.56 Å². The normalized spacial score (nSPS) is 11.5. The van der Waals surface area contributed by atoms with E-state index < -0.39 is 12.8 Å². The molecule has 0 spiro atoms. The molecule has 130 valence electrons. The quantitative estimate of drug-likeness (QED) is 0.641. The average Bonchev–Trinajstić information content (AvgIpc) is 3.03. The van der Waals surface area contributed by atoms with Crippen molar-refractivity contribution in [1.82, 2.24) is 10.2 Å². The number of hydrogen-bond donors (Lipinski definition) is 0. The van der Waals surface area contributed by atoms with Crippen LogP contribution in [0.5, 0.6) is 5.75 Å². The van der Waals surface area contributed by atoms with Gasteiger partial charge >= 0.3 is 6.18 Å². The van der Waals surface area contributed by atoms with Crippen LogP contribution in [0.25, 0.3) is 11.5 Å². The number of rotatable bonds is 5. The predicted molar refractivity (Wildman–Crippen MR) is 85.5 cm³/mol. The lowest BCUT2D eigenvalue weighted by molar-refractivity contribution is -0.153. The van der Waals surface area contributed by atoms with E-state index in [2.05, 4.69) is 10.2 Å². The van der Waals surface area contributed by atoms with Crippen molar-refractivity contribution in [2.24, 2.45) is 0 Å². The van der Waals surface area contributed by atoms with Crippen LogP contribution < -0.4 is 4.74 Å². The number of hydrogen-bond acceptors (Lipinski definition) is 4. The van der Waals surface area contributed by atoms with Gasteiger partial charge in [0.1, 0.15) is 5.75 Å². The molecule has 4 nitrogen and oxygen atoms in total. The Morgan fingerprint density at radius 3 is 2.52 bits per heavy atom. The lowest BCUT2D eigenvalue weighted by Crippen LogP contribution is -2.19. The van der Waals surface area contributed by atoms with Gasteiger partial charge in [0.15, 0.2) is 6.61 Å². The summed E-state index contributed by atoms with van der Waals surface area (Å²) >= 11 is 5.83. The zero-order valence-electron chi connectivity index (χ0n) is 12.8. The van der Waals surface area contributed by atoms with Gasteiger partial charge in [0.05, 0.1) is 6.42 Å². The lowest BCUT2D eigenvalue weighted by atomic mass is 10.1. The molecule has 0 bridgehead atoms. The van der Waals surface area contributed by atoms with Gasteiger partial charge in [-0.3, -0.25) is 0 Å². The molecule has 3 rings (SSSR count). The third kappa shape index (κ3) is 4.96. The third-order valence-electron chi connectivity index (χ3n) is 3.22. The molecule has 0 atom stereocenters. The molecule has 0 fully saturated rings. The fraction of sp³-hybridized carbons (Fsp3) is 0.176. The number of nitrogens with zero attached hydrogens (tertiary/aromatic N) is 2. The second-order valence-corrected chi connectivity index (χ2v) is 5.67. The molecular weight excluding hydrogens is 357 g/mol. The summed E-state index contributed by atoms with van der Waals surface area (Å²) in [6.45, 7) is -1.36. The molecule has 25 heavy (non-hydrogen) atoms. The highest BCUT2D eigenvalue weighted by Gasteiger charge is 2.28. The van der Waals surface area contributed by atoms with Crippen LogP contribution in [-0.2, 0) is 6.42 Å². The van der Waals surface area contributed by atoms with Crippen molar-refractivity contribution in [1.29, 1.82) is 0 Å². The Morgan fingerprint density at radius 1 is 1.04 bits per heavy atom. The van der Waals surface area contributed by atoms with Crippen molar-refractivity contribution >= 4 is 11.6 Å². The highest BCUT2D eigenvalue weighted by Crippen LogP contribution is 2.25. The van der Waals surface area contributed by atoms with E-state index in [1.165, 1.54) is 12.1 Å². The number of ether oxygens (including phenoxy) is 1. The molecule has 0 aliphatic rings. The van der Waals surface area contributed by atoms with Gasteiger partial charge in [0, 0.05) is 10.6 Å². The minimum atomic E-state index is -4.40. The van der Waals surface area contributed by atoms with Crippen molar-refractivity contribution in [3.63, 3.8) is 0 Å². The van der Waals surface area contributed by atoms with Crippen molar-refractivity contribution in [3.05, 3.63) is 65.0 Å². The van der Waals surface area contributed by atoms with Crippen LogP contribution in [0.15, 0.2) is 52.9 Å². The van der Waals surface area contributed by atoms with E-state index in [0.29, 0.717) is 22.9 Å². The molecule has 0 N–H and O–H groups in total. The number of aromatic nitrogens is 2. The molecule has 0 aliphatic heterocycles. The fourth-order valence-corrected chi connectivity index (χ4v) is 2.23. The Bertz CT molecular complexity index is 848. The molecule has 2 aromatic carbocycles.